The summed E-state index contributed by atoms with van der Waals surface area (Å²) in [6, 6.07) is 0. The third kappa shape index (κ3) is 2.46. The van der Waals surface area contributed by atoms with Crippen LogP contribution in [-0.4, -0.2) is 22.6 Å². The Morgan fingerprint density at radius 3 is 2.94 bits per heavy atom. The summed E-state index contributed by atoms with van der Waals surface area (Å²) >= 11 is 0. The van der Waals surface area contributed by atoms with Crippen molar-refractivity contribution in [3.05, 3.63) is 18.2 Å². The first-order valence-electron chi connectivity index (χ1n) is 7.48. The highest BCUT2D eigenvalue weighted by Gasteiger charge is 2.29. The van der Waals surface area contributed by atoms with Crippen LogP contribution in [0.1, 0.15) is 57.1 Å². The van der Waals surface area contributed by atoms with Crippen LogP contribution in [0.3, 0.4) is 0 Å². The van der Waals surface area contributed by atoms with Gasteiger partial charge in [-0.1, -0.05) is 26.2 Å². The number of aromatic nitrogens is 2. The van der Waals surface area contributed by atoms with Gasteiger partial charge in [-0.2, -0.15) is 0 Å². The molecule has 3 nitrogen and oxygen atoms in total. The van der Waals surface area contributed by atoms with E-state index in [0.717, 1.165) is 13.1 Å². The molecule has 1 N–H and O–H groups in total. The van der Waals surface area contributed by atoms with Crippen molar-refractivity contribution >= 4 is 0 Å². The summed E-state index contributed by atoms with van der Waals surface area (Å²) in [5.74, 6) is 0.680. The zero-order chi connectivity index (χ0) is 12.4. The quantitative estimate of drug-likeness (QED) is 0.890. The second-order valence-corrected chi connectivity index (χ2v) is 6.51. The van der Waals surface area contributed by atoms with E-state index in [1.807, 2.05) is 6.33 Å². The Morgan fingerprint density at radius 2 is 2.22 bits per heavy atom. The molecule has 0 radical (unpaired) electrons. The molecule has 1 aliphatic heterocycles. The monoisotopic (exact) mass is 247 g/mol. The molecule has 1 atom stereocenters. The molecule has 1 aliphatic carbocycles. The van der Waals surface area contributed by atoms with Gasteiger partial charge in [0.1, 0.15) is 0 Å². The van der Waals surface area contributed by atoms with Crippen LogP contribution in [0, 0.1) is 5.41 Å². The average Bonchev–Trinajstić information content (AvgIpc) is 2.99. The van der Waals surface area contributed by atoms with Gasteiger partial charge in [0.05, 0.1) is 6.33 Å². The highest BCUT2D eigenvalue weighted by atomic mass is 15.1. The number of nitrogens with one attached hydrogen (secondary N) is 1. The molecule has 0 amide bonds. The maximum Gasteiger partial charge on any atom is 0.0948 e. The van der Waals surface area contributed by atoms with E-state index in [1.165, 1.54) is 50.8 Å². The largest absolute Gasteiger partial charge is 0.334 e. The third-order valence-corrected chi connectivity index (χ3v) is 4.84. The topological polar surface area (TPSA) is 29.9 Å². The Labute approximate surface area is 110 Å². The lowest BCUT2D eigenvalue weighted by molar-refractivity contribution is 0.180. The summed E-state index contributed by atoms with van der Waals surface area (Å²) < 4.78 is 2.43. The van der Waals surface area contributed by atoms with Crippen molar-refractivity contribution in [1.82, 2.24) is 14.9 Å². The van der Waals surface area contributed by atoms with E-state index in [-0.39, 0.29) is 0 Å². The zero-order valence-corrected chi connectivity index (χ0v) is 11.5. The Kier molecular flexibility index (Phi) is 3.42. The molecular weight excluding hydrogens is 222 g/mol. The van der Waals surface area contributed by atoms with E-state index in [9.17, 15) is 0 Å². The molecular formula is C15H25N3. The van der Waals surface area contributed by atoms with Gasteiger partial charge in [-0.15, -0.1) is 0 Å². The number of nitrogens with zero attached hydrogens (tertiary/aromatic N) is 2. The first-order valence-corrected chi connectivity index (χ1v) is 7.48. The first-order chi connectivity index (χ1) is 8.77. The third-order valence-electron chi connectivity index (χ3n) is 4.84. The van der Waals surface area contributed by atoms with Crippen molar-refractivity contribution in [3.8, 4) is 0 Å². The van der Waals surface area contributed by atoms with Crippen molar-refractivity contribution in [1.29, 1.82) is 0 Å². The Balaban J connectivity index is 1.74. The van der Waals surface area contributed by atoms with E-state index >= 15 is 0 Å². The lowest BCUT2D eigenvalue weighted by Gasteiger charge is -2.34. The average molecular weight is 247 g/mol. The molecule has 18 heavy (non-hydrogen) atoms. The van der Waals surface area contributed by atoms with E-state index in [4.69, 9.17) is 0 Å². The smallest absolute Gasteiger partial charge is 0.0948 e. The van der Waals surface area contributed by atoms with Crippen LogP contribution < -0.4 is 5.32 Å². The van der Waals surface area contributed by atoms with Crippen LogP contribution >= 0.6 is 0 Å². The van der Waals surface area contributed by atoms with Crippen molar-refractivity contribution in [2.24, 2.45) is 5.41 Å². The summed E-state index contributed by atoms with van der Waals surface area (Å²) in [5, 5.41) is 3.46. The van der Waals surface area contributed by atoms with Gasteiger partial charge in [0, 0.05) is 30.9 Å². The molecule has 0 bridgehead atoms. The van der Waals surface area contributed by atoms with Gasteiger partial charge in [0.25, 0.3) is 0 Å². The van der Waals surface area contributed by atoms with Gasteiger partial charge in [-0.05, 0) is 31.2 Å². The van der Waals surface area contributed by atoms with Crippen LogP contribution in [0.25, 0.3) is 0 Å². The van der Waals surface area contributed by atoms with Gasteiger partial charge >= 0.3 is 0 Å². The molecule has 1 aromatic rings. The fourth-order valence-electron chi connectivity index (χ4n) is 3.68. The second-order valence-electron chi connectivity index (χ2n) is 6.51. The van der Waals surface area contributed by atoms with Crippen molar-refractivity contribution in [3.63, 3.8) is 0 Å². The minimum absolute atomic E-state index is 0.500. The molecule has 0 aromatic carbocycles. The van der Waals surface area contributed by atoms with Gasteiger partial charge < -0.3 is 9.88 Å². The Morgan fingerprint density at radius 1 is 1.39 bits per heavy atom. The fraction of sp³-hybridized carbons (Fsp3) is 0.800. The maximum atomic E-state index is 4.40. The molecule has 2 heterocycles. The lowest BCUT2D eigenvalue weighted by atomic mass is 9.75. The number of rotatable bonds is 3. The Hall–Kier alpha value is -0.830. The summed E-state index contributed by atoms with van der Waals surface area (Å²) in [6.07, 6.45) is 12.4. The van der Waals surface area contributed by atoms with Gasteiger partial charge in [0.15, 0.2) is 0 Å². The lowest BCUT2D eigenvalue weighted by Crippen LogP contribution is -2.27. The number of hydrogen-bond acceptors (Lipinski definition) is 2. The van der Waals surface area contributed by atoms with E-state index < -0.39 is 0 Å². The molecule has 1 saturated heterocycles. The van der Waals surface area contributed by atoms with Crippen LogP contribution in [0.15, 0.2) is 12.5 Å². The minimum Gasteiger partial charge on any atom is -0.334 e. The SMILES string of the molecule is CC1(Cn2cncc2C2CCNC2)CCCCC1. The van der Waals surface area contributed by atoms with E-state index in [1.54, 1.807) is 0 Å². The molecule has 2 fully saturated rings. The predicted octanol–water partition coefficient (Wildman–Crippen LogP) is 2.93. The second kappa shape index (κ2) is 5.04. The van der Waals surface area contributed by atoms with Gasteiger partial charge in [0.2, 0.25) is 0 Å². The summed E-state index contributed by atoms with van der Waals surface area (Å²) in [7, 11) is 0. The minimum atomic E-state index is 0.500. The zero-order valence-electron chi connectivity index (χ0n) is 11.5. The maximum absolute atomic E-state index is 4.40. The summed E-state index contributed by atoms with van der Waals surface area (Å²) in [6.45, 7) is 5.91. The van der Waals surface area contributed by atoms with Crippen molar-refractivity contribution < 1.29 is 0 Å². The molecule has 0 spiro atoms. The molecule has 1 unspecified atom stereocenters. The highest BCUT2D eigenvalue weighted by molar-refractivity contribution is 5.09. The molecule has 3 heteroatoms. The predicted molar refractivity (Wildman–Crippen MR) is 73.6 cm³/mol. The molecule has 1 saturated carbocycles. The Bertz CT molecular complexity index is 384. The van der Waals surface area contributed by atoms with Crippen LogP contribution in [0.5, 0.6) is 0 Å². The summed E-state index contributed by atoms with van der Waals surface area (Å²) in [5.41, 5.74) is 1.95. The highest BCUT2D eigenvalue weighted by Crippen LogP contribution is 2.38. The molecule has 3 rings (SSSR count). The van der Waals surface area contributed by atoms with Crippen molar-refractivity contribution in [2.45, 2.75) is 57.9 Å². The van der Waals surface area contributed by atoms with Crippen LogP contribution in [0.2, 0.25) is 0 Å². The van der Waals surface area contributed by atoms with Gasteiger partial charge in [-0.3, -0.25) is 0 Å². The van der Waals surface area contributed by atoms with E-state index in [2.05, 4.69) is 28.0 Å². The fourth-order valence-corrected chi connectivity index (χ4v) is 3.68. The number of hydrogen-bond donors (Lipinski definition) is 1. The van der Waals surface area contributed by atoms with E-state index in [0.29, 0.717) is 11.3 Å². The van der Waals surface area contributed by atoms with Gasteiger partial charge in [-0.25, -0.2) is 4.98 Å². The standard InChI is InChI=1S/C15H25N3/c1-15(6-3-2-4-7-15)11-18-12-17-10-14(18)13-5-8-16-9-13/h10,12-13,16H,2-9,11H2,1H3. The van der Waals surface area contributed by atoms with Crippen LogP contribution in [0.4, 0.5) is 0 Å². The first kappa shape index (κ1) is 12.2. The van der Waals surface area contributed by atoms with Crippen LogP contribution in [-0.2, 0) is 6.54 Å². The molecule has 1 aromatic heterocycles. The number of imidazole rings is 1. The van der Waals surface area contributed by atoms with Crippen molar-refractivity contribution in [2.75, 3.05) is 13.1 Å². The molecule has 2 aliphatic rings. The molecule has 100 valence electrons. The summed E-state index contributed by atoms with van der Waals surface area (Å²) in [4.78, 5) is 4.40. The normalized spacial score (nSPS) is 27.5.